The first kappa shape index (κ1) is 12.9. The summed E-state index contributed by atoms with van der Waals surface area (Å²) in [5.74, 6) is 0. The van der Waals surface area contributed by atoms with Gasteiger partial charge in [0.2, 0.25) is 0 Å². The molecule has 2 rings (SSSR count). The van der Waals surface area contributed by atoms with Crippen molar-refractivity contribution < 1.29 is 0 Å². The van der Waals surface area contributed by atoms with E-state index in [2.05, 4.69) is 52.4 Å². The molecule has 0 saturated carbocycles. The van der Waals surface area contributed by atoms with Crippen molar-refractivity contribution >= 4 is 0 Å². The quantitative estimate of drug-likeness (QED) is 0.812. The van der Waals surface area contributed by atoms with Gasteiger partial charge in [0.15, 0.2) is 0 Å². The summed E-state index contributed by atoms with van der Waals surface area (Å²) >= 11 is 0. The Morgan fingerprint density at radius 2 is 1.94 bits per heavy atom. The van der Waals surface area contributed by atoms with Gasteiger partial charge < -0.3 is 4.57 Å². The standard InChI is InChI=1S/C14H22N4/c1-5-14(6-2)18-8-7-13(16-18)9-17-10-15-11(3)12(17)4/h7-8,10,14H,5-6,9H2,1-4H3. The predicted molar refractivity (Wildman–Crippen MR) is 72.6 cm³/mol. The van der Waals surface area contributed by atoms with E-state index in [0.717, 1.165) is 30.8 Å². The number of aromatic nitrogens is 4. The van der Waals surface area contributed by atoms with Crippen LogP contribution < -0.4 is 0 Å². The minimum Gasteiger partial charge on any atom is -0.329 e. The van der Waals surface area contributed by atoms with Gasteiger partial charge in [-0.2, -0.15) is 5.10 Å². The van der Waals surface area contributed by atoms with Crippen LogP contribution in [0.5, 0.6) is 0 Å². The molecule has 4 nitrogen and oxygen atoms in total. The molecule has 0 N–H and O–H groups in total. The Hall–Kier alpha value is -1.58. The molecule has 0 unspecified atom stereocenters. The van der Waals surface area contributed by atoms with Gasteiger partial charge in [-0.1, -0.05) is 13.8 Å². The van der Waals surface area contributed by atoms with Crippen LogP contribution in [0.1, 0.15) is 49.8 Å². The van der Waals surface area contributed by atoms with Crippen molar-refractivity contribution in [3.8, 4) is 0 Å². The van der Waals surface area contributed by atoms with Crippen molar-refractivity contribution in [1.29, 1.82) is 0 Å². The van der Waals surface area contributed by atoms with Crippen LogP contribution in [0, 0.1) is 13.8 Å². The summed E-state index contributed by atoms with van der Waals surface area (Å²) in [4.78, 5) is 4.31. The SMILES string of the molecule is CCC(CC)n1ccc(Cn2cnc(C)c2C)n1. The number of rotatable bonds is 5. The normalized spacial score (nSPS) is 11.4. The molecular weight excluding hydrogens is 224 g/mol. The van der Waals surface area contributed by atoms with Gasteiger partial charge in [0.05, 0.1) is 30.3 Å². The highest BCUT2D eigenvalue weighted by molar-refractivity contribution is 5.11. The third kappa shape index (κ3) is 2.47. The monoisotopic (exact) mass is 246 g/mol. The Morgan fingerprint density at radius 3 is 2.50 bits per heavy atom. The molecule has 0 bridgehead atoms. The summed E-state index contributed by atoms with van der Waals surface area (Å²) in [5, 5.41) is 4.67. The molecule has 0 saturated heterocycles. The highest BCUT2D eigenvalue weighted by Gasteiger charge is 2.09. The van der Waals surface area contributed by atoms with Gasteiger partial charge in [-0.25, -0.2) is 4.98 Å². The maximum Gasteiger partial charge on any atom is 0.0955 e. The average Bonchev–Trinajstić information content (AvgIpc) is 2.94. The minimum atomic E-state index is 0.518. The zero-order valence-electron chi connectivity index (χ0n) is 11.7. The number of aryl methyl sites for hydroxylation is 1. The lowest BCUT2D eigenvalue weighted by Gasteiger charge is -2.12. The molecule has 0 fully saturated rings. The fourth-order valence-electron chi connectivity index (χ4n) is 2.21. The largest absolute Gasteiger partial charge is 0.329 e. The fraction of sp³-hybridized carbons (Fsp3) is 0.571. The third-order valence-corrected chi connectivity index (χ3v) is 3.66. The summed E-state index contributed by atoms with van der Waals surface area (Å²) in [7, 11) is 0. The molecule has 0 aliphatic carbocycles. The van der Waals surface area contributed by atoms with E-state index < -0.39 is 0 Å². The molecule has 0 aliphatic heterocycles. The Balaban J connectivity index is 2.13. The maximum atomic E-state index is 4.67. The van der Waals surface area contributed by atoms with Gasteiger partial charge in [-0.3, -0.25) is 4.68 Å². The molecule has 0 aromatic carbocycles. The molecule has 0 atom stereocenters. The second-order valence-corrected chi connectivity index (χ2v) is 4.80. The van der Waals surface area contributed by atoms with Crippen LogP contribution in [0.2, 0.25) is 0 Å². The third-order valence-electron chi connectivity index (χ3n) is 3.66. The highest BCUT2D eigenvalue weighted by Crippen LogP contribution is 2.15. The first-order chi connectivity index (χ1) is 8.65. The summed E-state index contributed by atoms with van der Waals surface area (Å²) in [6, 6.07) is 2.62. The van der Waals surface area contributed by atoms with Gasteiger partial charge >= 0.3 is 0 Å². The predicted octanol–water partition coefficient (Wildman–Crippen LogP) is 3.11. The van der Waals surface area contributed by atoms with Crippen LogP contribution >= 0.6 is 0 Å². The van der Waals surface area contributed by atoms with Crippen molar-refractivity contribution in [2.75, 3.05) is 0 Å². The van der Waals surface area contributed by atoms with E-state index in [4.69, 9.17) is 0 Å². The molecular formula is C14H22N4. The van der Waals surface area contributed by atoms with Crippen molar-refractivity contribution in [1.82, 2.24) is 19.3 Å². The average molecular weight is 246 g/mol. The molecule has 98 valence electrons. The van der Waals surface area contributed by atoms with Gasteiger partial charge in [0.25, 0.3) is 0 Å². The maximum absolute atomic E-state index is 4.67. The molecule has 4 heteroatoms. The molecule has 0 spiro atoms. The fourth-order valence-corrected chi connectivity index (χ4v) is 2.21. The van der Waals surface area contributed by atoms with Crippen LogP contribution in [0.3, 0.4) is 0 Å². The van der Waals surface area contributed by atoms with Gasteiger partial charge in [0.1, 0.15) is 0 Å². The lowest BCUT2D eigenvalue weighted by Crippen LogP contribution is -2.09. The minimum absolute atomic E-state index is 0.518. The Kier molecular flexibility index (Phi) is 3.84. The first-order valence-electron chi connectivity index (χ1n) is 6.68. The topological polar surface area (TPSA) is 35.6 Å². The van der Waals surface area contributed by atoms with Gasteiger partial charge in [0, 0.05) is 11.9 Å². The number of nitrogens with zero attached hydrogens (tertiary/aromatic N) is 4. The zero-order chi connectivity index (χ0) is 13.1. The number of hydrogen-bond acceptors (Lipinski definition) is 2. The van der Waals surface area contributed by atoms with E-state index in [-0.39, 0.29) is 0 Å². The number of hydrogen-bond donors (Lipinski definition) is 0. The van der Waals surface area contributed by atoms with Gasteiger partial charge in [-0.05, 0) is 32.8 Å². The van der Waals surface area contributed by atoms with E-state index in [9.17, 15) is 0 Å². The first-order valence-corrected chi connectivity index (χ1v) is 6.68. The van der Waals surface area contributed by atoms with Crippen molar-refractivity contribution in [3.05, 3.63) is 35.7 Å². The van der Waals surface area contributed by atoms with E-state index in [1.54, 1.807) is 0 Å². The lowest BCUT2D eigenvalue weighted by atomic mass is 10.2. The van der Waals surface area contributed by atoms with Crippen molar-refractivity contribution in [2.24, 2.45) is 0 Å². The molecule has 0 amide bonds. The summed E-state index contributed by atoms with van der Waals surface area (Å²) in [6.07, 6.45) is 6.23. The summed E-state index contributed by atoms with van der Waals surface area (Å²) in [6.45, 7) is 9.35. The second-order valence-electron chi connectivity index (χ2n) is 4.80. The van der Waals surface area contributed by atoms with Gasteiger partial charge in [-0.15, -0.1) is 0 Å². The number of imidazole rings is 1. The second kappa shape index (κ2) is 5.38. The Morgan fingerprint density at radius 1 is 1.22 bits per heavy atom. The van der Waals surface area contributed by atoms with Crippen LogP contribution in [0.4, 0.5) is 0 Å². The Bertz CT molecular complexity index is 506. The van der Waals surface area contributed by atoms with Crippen LogP contribution in [-0.4, -0.2) is 19.3 Å². The van der Waals surface area contributed by atoms with Crippen LogP contribution in [0.25, 0.3) is 0 Å². The molecule has 2 heterocycles. The summed E-state index contributed by atoms with van der Waals surface area (Å²) < 4.78 is 4.24. The lowest BCUT2D eigenvalue weighted by molar-refractivity contribution is 0.424. The smallest absolute Gasteiger partial charge is 0.0955 e. The molecule has 18 heavy (non-hydrogen) atoms. The summed E-state index contributed by atoms with van der Waals surface area (Å²) in [5.41, 5.74) is 3.41. The van der Waals surface area contributed by atoms with E-state index >= 15 is 0 Å². The molecule has 2 aromatic rings. The van der Waals surface area contributed by atoms with Crippen molar-refractivity contribution in [2.45, 2.75) is 53.1 Å². The van der Waals surface area contributed by atoms with E-state index in [1.165, 1.54) is 5.69 Å². The Labute approximate surface area is 109 Å². The highest BCUT2D eigenvalue weighted by atomic mass is 15.3. The molecule has 2 aromatic heterocycles. The van der Waals surface area contributed by atoms with Crippen LogP contribution in [-0.2, 0) is 6.54 Å². The van der Waals surface area contributed by atoms with Crippen molar-refractivity contribution in [3.63, 3.8) is 0 Å². The molecule has 0 aliphatic rings. The van der Waals surface area contributed by atoms with E-state index in [1.807, 2.05) is 13.3 Å². The van der Waals surface area contributed by atoms with E-state index in [0.29, 0.717) is 6.04 Å². The zero-order valence-corrected chi connectivity index (χ0v) is 11.7. The molecule has 0 radical (unpaired) electrons. The van der Waals surface area contributed by atoms with Crippen LogP contribution in [0.15, 0.2) is 18.6 Å².